The van der Waals surface area contributed by atoms with Crippen molar-refractivity contribution >= 4 is 18.9 Å². The zero-order valence-electron chi connectivity index (χ0n) is 8.78. The smallest absolute Gasteiger partial charge is 0.151 e. The molecule has 1 aromatic rings. The first-order chi connectivity index (χ1) is 7.31. The lowest BCUT2D eigenvalue weighted by atomic mass is 9.84. The summed E-state index contributed by atoms with van der Waals surface area (Å²) < 4.78 is 0. The molecule has 1 nitrogen and oxygen atoms in total. The monoisotopic (exact) mass is 220 g/mol. The second-order valence-electron chi connectivity index (χ2n) is 4.27. The molecule has 0 aromatic heterocycles. The van der Waals surface area contributed by atoms with Crippen LogP contribution in [0.2, 0.25) is 0 Å². The fourth-order valence-corrected chi connectivity index (χ4v) is 2.63. The molecule has 1 saturated carbocycles. The zero-order valence-corrected chi connectivity index (χ0v) is 9.67. The molecule has 2 rings (SSSR count). The van der Waals surface area contributed by atoms with Gasteiger partial charge in [0, 0.05) is 10.5 Å². The number of hydrogen-bond acceptors (Lipinski definition) is 2. The van der Waals surface area contributed by atoms with Gasteiger partial charge in [0.25, 0.3) is 0 Å². The maximum absolute atomic E-state index is 10.7. The van der Waals surface area contributed by atoms with Crippen LogP contribution in [0.5, 0.6) is 0 Å². The Morgan fingerprint density at radius 3 is 2.53 bits per heavy atom. The summed E-state index contributed by atoms with van der Waals surface area (Å²) >= 11 is 4.34. The molecule has 1 fully saturated rings. The summed E-state index contributed by atoms with van der Waals surface area (Å²) in [6, 6.07) is 6.03. The van der Waals surface area contributed by atoms with E-state index in [4.69, 9.17) is 0 Å². The summed E-state index contributed by atoms with van der Waals surface area (Å²) in [5.74, 6) is 0.686. The van der Waals surface area contributed by atoms with E-state index in [1.807, 2.05) is 6.07 Å². The van der Waals surface area contributed by atoms with Gasteiger partial charge in [0.2, 0.25) is 0 Å². The predicted octanol–water partition coefficient (Wildman–Crippen LogP) is 3.84. The van der Waals surface area contributed by atoms with Crippen LogP contribution in [0.3, 0.4) is 0 Å². The van der Waals surface area contributed by atoms with Crippen molar-refractivity contribution in [1.82, 2.24) is 0 Å². The molecule has 0 heterocycles. The number of rotatable bonds is 2. The molecule has 1 aromatic carbocycles. The maximum atomic E-state index is 10.7. The summed E-state index contributed by atoms with van der Waals surface area (Å²) in [5, 5.41) is 0. The molecular formula is C13H16OS. The Balaban J connectivity index is 2.21. The van der Waals surface area contributed by atoms with Gasteiger partial charge in [0.05, 0.1) is 0 Å². The number of aldehydes is 1. The van der Waals surface area contributed by atoms with E-state index in [1.54, 1.807) is 0 Å². The van der Waals surface area contributed by atoms with Crippen LogP contribution in [0, 0.1) is 0 Å². The van der Waals surface area contributed by atoms with Crippen molar-refractivity contribution in [2.24, 2.45) is 0 Å². The van der Waals surface area contributed by atoms with E-state index in [1.165, 1.54) is 37.7 Å². The summed E-state index contributed by atoms with van der Waals surface area (Å²) in [5.41, 5.74) is 2.04. The largest absolute Gasteiger partial charge is 0.298 e. The Labute approximate surface area is 96.3 Å². The molecule has 0 radical (unpaired) electrons. The summed E-state index contributed by atoms with van der Waals surface area (Å²) in [7, 11) is 0. The molecule has 0 spiro atoms. The molecule has 0 N–H and O–H groups in total. The van der Waals surface area contributed by atoms with Gasteiger partial charge in [-0.1, -0.05) is 31.4 Å². The van der Waals surface area contributed by atoms with Gasteiger partial charge < -0.3 is 0 Å². The Morgan fingerprint density at radius 2 is 1.93 bits per heavy atom. The van der Waals surface area contributed by atoms with E-state index in [0.717, 1.165) is 11.2 Å². The Hall–Kier alpha value is -0.760. The normalized spacial score (nSPS) is 17.7. The second kappa shape index (κ2) is 4.84. The molecule has 0 atom stereocenters. The minimum Gasteiger partial charge on any atom is -0.298 e. The van der Waals surface area contributed by atoms with Gasteiger partial charge in [0.15, 0.2) is 6.29 Å². The Morgan fingerprint density at radius 1 is 1.20 bits per heavy atom. The minimum atomic E-state index is 0.686. The average Bonchev–Trinajstić information content (AvgIpc) is 2.30. The minimum absolute atomic E-state index is 0.686. The van der Waals surface area contributed by atoms with Gasteiger partial charge >= 0.3 is 0 Å². The molecule has 80 valence electrons. The first-order valence-electron chi connectivity index (χ1n) is 5.59. The van der Waals surface area contributed by atoms with E-state index in [2.05, 4.69) is 24.8 Å². The van der Waals surface area contributed by atoms with Crippen molar-refractivity contribution in [3.05, 3.63) is 29.3 Å². The van der Waals surface area contributed by atoms with Crippen molar-refractivity contribution in [2.45, 2.75) is 42.9 Å². The van der Waals surface area contributed by atoms with Gasteiger partial charge in [-0.15, -0.1) is 12.6 Å². The Bertz CT molecular complexity index is 354. The second-order valence-corrected chi connectivity index (χ2v) is 4.75. The molecule has 0 bridgehead atoms. The quantitative estimate of drug-likeness (QED) is 0.592. The third kappa shape index (κ3) is 2.43. The van der Waals surface area contributed by atoms with Crippen molar-refractivity contribution in [1.29, 1.82) is 0 Å². The van der Waals surface area contributed by atoms with Crippen LogP contribution in [0.1, 0.15) is 53.9 Å². The zero-order chi connectivity index (χ0) is 10.7. The molecule has 1 aliphatic rings. The predicted molar refractivity (Wildman–Crippen MR) is 64.9 cm³/mol. The van der Waals surface area contributed by atoms with Gasteiger partial charge in [-0.3, -0.25) is 4.79 Å². The number of thiol groups is 1. The summed E-state index contributed by atoms with van der Waals surface area (Å²) in [6.07, 6.45) is 7.48. The van der Waals surface area contributed by atoms with Crippen LogP contribution in [0.15, 0.2) is 23.1 Å². The summed E-state index contributed by atoms with van der Waals surface area (Å²) in [4.78, 5) is 11.5. The first kappa shape index (κ1) is 10.7. The van der Waals surface area contributed by atoms with E-state index >= 15 is 0 Å². The molecule has 2 heteroatoms. The van der Waals surface area contributed by atoms with Crippen molar-refractivity contribution in [2.75, 3.05) is 0 Å². The van der Waals surface area contributed by atoms with E-state index < -0.39 is 0 Å². The summed E-state index contributed by atoms with van der Waals surface area (Å²) in [6.45, 7) is 0. The lowest BCUT2D eigenvalue weighted by molar-refractivity contribution is 0.112. The van der Waals surface area contributed by atoms with Crippen LogP contribution >= 0.6 is 12.6 Å². The van der Waals surface area contributed by atoms with Crippen LogP contribution < -0.4 is 0 Å². The lowest BCUT2D eigenvalue weighted by Gasteiger charge is -2.22. The van der Waals surface area contributed by atoms with Crippen molar-refractivity contribution in [3.63, 3.8) is 0 Å². The van der Waals surface area contributed by atoms with Gasteiger partial charge in [-0.05, 0) is 30.4 Å². The fraction of sp³-hybridized carbons (Fsp3) is 0.462. The number of benzene rings is 1. The number of carbonyl (C=O) groups excluding carboxylic acids is 1. The van der Waals surface area contributed by atoms with Crippen LogP contribution in [0.25, 0.3) is 0 Å². The van der Waals surface area contributed by atoms with Crippen molar-refractivity contribution in [3.8, 4) is 0 Å². The highest BCUT2D eigenvalue weighted by Crippen LogP contribution is 2.33. The average molecular weight is 220 g/mol. The molecule has 0 aliphatic heterocycles. The van der Waals surface area contributed by atoms with Crippen LogP contribution in [-0.4, -0.2) is 6.29 Å². The lowest BCUT2D eigenvalue weighted by Crippen LogP contribution is -2.04. The fourth-order valence-electron chi connectivity index (χ4n) is 2.35. The van der Waals surface area contributed by atoms with E-state index in [-0.39, 0.29) is 0 Å². The molecule has 0 saturated heterocycles. The molecule has 1 aliphatic carbocycles. The highest BCUT2D eigenvalue weighted by atomic mass is 32.1. The van der Waals surface area contributed by atoms with Crippen LogP contribution in [-0.2, 0) is 0 Å². The SMILES string of the molecule is O=Cc1ccc(C2CCCCC2)cc1S. The van der Waals surface area contributed by atoms with Gasteiger partial charge in [0.1, 0.15) is 0 Å². The number of hydrogen-bond donors (Lipinski definition) is 1. The molecule has 15 heavy (non-hydrogen) atoms. The number of carbonyl (C=O) groups is 1. The van der Waals surface area contributed by atoms with Crippen LogP contribution in [0.4, 0.5) is 0 Å². The van der Waals surface area contributed by atoms with E-state index in [9.17, 15) is 4.79 Å². The maximum Gasteiger partial charge on any atom is 0.151 e. The third-order valence-corrected chi connectivity index (χ3v) is 3.65. The van der Waals surface area contributed by atoms with E-state index in [0.29, 0.717) is 11.5 Å². The molecule has 0 amide bonds. The molecule has 0 unspecified atom stereocenters. The topological polar surface area (TPSA) is 17.1 Å². The Kier molecular flexibility index (Phi) is 3.47. The standard InChI is InChI=1S/C13H16OS/c14-9-12-7-6-11(8-13(12)15)10-4-2-1-3-5-10/h6-10,15H,1-5H2. The first-order valence-corrected chi connectivity index (χ1v) is 6.04. The van der Waals surface area contributed by atoms with Gasteiger partial charge in [-0.25, -0.2) is 0 Å². The highest BCUT2D eigenvalue weighted by Gasteiger charge is 2.15. The van der Waals surface area contributed by atoms with Crippen molar-refractivity contribution < 1.29 is 4.79 Å². The highest BCUT2D eigenvalue weighted by molar-refractivity contribution is 7.80. The van der Waals surface area contributed by atoms with Gasteiger partial charge in [-0.2, -0.15) is 0 Å². The third-order valence-electron chi connectivity index (χ3n) is 3.26. The molecular weight excluding hydrogens is 204 g/mol.